The molecule has 0 atom stereocenters. The quantitative estimate of drug-likeness (QED) is 0.585. The molecule has 1 heterocycles. The first kappa shape index (κ1) is 16.8. The third kappa shape index (κ3) is 3.67. The number of nitrogens with zero attached hydrogens (tertiary/aromatic N) is 3. The van der Waals surface area contributed by atoms with Gasteiger partial charge in [-0.2, -0.15) is 9.57 Å². The van der Waals surface area contributed by atoms with Crippen LogP contribution in [0.1, 0.15) is 20.3 Å². The average molecular weight is 362 g/mol. The molecule has 7 nitrogen and oxygen atoms in total. The maximum atomic E-state index is 12.7. The standard InChI is InChI=1S/C11H16BrN5O2S/c1-8(2)17(5-3-4-13)20(18,19)10-6-9(12)7-15-11(10)16-14/h6-8H,3,5,14H2,1-2H3,(H,15,16). The number of nitrogen functional groups attached to an aromatic ring is 1. The predicted molar refractivity (Wildman–Crippen MR) is 79.0 cm³/mol. The maximum Gasteiger partial charge on any atom is 0.247 e. The minimum atomic E-state index is -3.79. The van der Waals surface area contributed by atoms with Crippen molar-refractivity contribution in [3.8, 4) is 6.07 Å². The Bertz CT molecular complexity index is 612. The summed E-state index contributed by atoms with van der Waals surface area (Å²) >= 11 is 3.19. The smallest absolute Gasteiger partial charge is 0.247 e. The summed E-state index contributed by atoms with van der Waals surface area (Å²) in [4.78, 5) is 3.90. The molecule has 20 heavy (non-hydrogen) atoms. The van der Waals surface area contributed by atoms with Crippen molar-refractivity contribution >= 4 is 31.8 Å². The Labute approximate surface area is 126 Å². The Morgan fingerprint density at radius 2 is 2.25 bits per heavy atom. The summed E-state index contributed by atoms with van der Waals surface area (Å²) in [6.07, 6.45) is 1.56. The number of nitrogens with two attached hydrogens (primary N) is 1. The SMILES string of the molecule is CC(C)N(CCC#N)S(=O)(=O)c1cc(Br)cnc1NN. The lowest BCUT2D eigenvalue weighted by Crippen LogP contribution is -2.38. The number of hydrogen-bond acceptors (Lipinski definition) is 6. The van der Waals surface area contributed by atoms with E-state index in [0.717, 1.165) is 0 Å². The molecule has 0 amide bonds. The van der Waals surface area contributed by atoms with Gasteiger partial charge < -0.3 is 5.43 Å². The van der Waals surface area contributed by atoms with Gasteiger partial charge >= 0.3 is 0 Å². The highest BCUT2D eigenvalue weighted by Gasteiger charge is 2.29. The average Bonchev–Trinajstić information content (AvgIpc) is 2.38. The fourth-order valence-corrected chi connectivity index (χ4v) is 3.92. The molecule has 9 heteroatoms. The number of sulfonamides is 1. The van der Waals surface area contributed by atoms with Crippen LogP contribution in [-0.4, -0.2) is 30.3 Å². The lowest BCUT2D eigenvalue weighted by atomic mass is 10.3. The molecular formula is C11H16BrN5O2S. The Morgan fingerprint density at radius 3 is 2.75 bits per heavy atom. The highest BCUT2D eigenvalue weighted by molar-refractivity contribution is 9.10. The molecule has 0 unspecified atom stereocenters. The summed E-state index contributed by atoms with van der Waals surface area (Å²) in [5, 5.41) is 8.65. The van der Waals surface area contributed by atoms with Gasteiger partial charge in [0.15, 0.2) is 5.82 Å². The fraction of sp³-hybridized carbons (Fsp3) is 0.455. The molecule has 0 bridgehead atoms. The molecule has 1 aromatic rings. The molecule has 0 aromatic carbocycles. The maximum absolute atomic E-state index is 12.7. The van der Waals surface area contributed by atoms with Gasteiger partial charge in [-0.25, -0.2) is 19.2 Å². The zero-order valence-corrected chi connectivity index (χ0v) is 13.6. The Balaban J connectivity index is 3.33. The molecule has 1 aromatic heterocycles. The van der Waals surface area contributed by atoms with Gasteiger partial charge in [-0.05, 0) is 35.8 Å². The van der Waals surface area contributed by atoms with Crippen LogP contribution in [0.2, 0.25) is 0 Å². The highest BCUT2D eigenvalue weighted by Crippen LogP contribution is 2.26. The van der Waals surface area contributed by atoms with Crippen LogP contribution in [-0.2, 0) is 10.0 Å². The lowest BCUT2D eigenvalue weighted by Gasteiger charge is -2.25. The molecular weight excluding hydrogens is 346 g/mol. The van der Waals surface area contributed by atoms with Crippen molar-refractivity contribution in [2.75, 3.05) is 12.0 Å². The second kappa shape index (κ2) is 6.99. The normalized spacial score (nSPS) is 11.7. The Hall–Kier alpha value is -1.21. The van der Waals surface area contributed by atoms with Gasteiger partial charge in [-0.15, -0.1) is 0 Å². The number of nitrogens with one attached hydrogen (secondary N) is 1. The van der Waals surface area contributed by atoms with Crippen molar-refractivity contribution in [2.24, 2.45) is 5.84 Å². The number of halogens is 1. The molecule has 0 radical (unpaired) electrons. The van der Waals surface area contributed by atoms with E-state index in [9.17, 15) is 8.42 Å². The van der Waals surface area contributed by atoms with Crippen molar-refractivity contribution in [1.29, 1.82) is 5.26 Å². The van der Waals surface area contributed by atoms with Gasteiger partial charge in [0.2, 0.25) is 10.0 Å². The topological polar surface area (TPSA) is 112 Å². The van der Waals surface area contributed by atoms with Crippen LogP contribution < -0.4 is 11.3 Å². The largest absolute Gasteiger partial charge is 0.307 e. The molecule has 0 aliphatic rings. The summed E-state index contributed by atoms with van der Waals surface area (Å²) < 4.78 is 27.1. The fourth-order valence-electron chi connectivity index (χ4n) is 1.67. The van der Waals surface area contributed by atoms with Crippen LogP contribution in [0.5, 0.6) is 0 Å². The molecule has 0 saturated carbocycles. The van der Waals surface area contributed by atoms with E-state index in [4.69, 9.17) is 11.1 Å². The third-order valence-electron chi connectivity index (χ3n) is 2.56. The lowest BCUT2D eigenvalue weighted by molar-refractivity contribution is 0.360. The second-order valence-corrected chi connectivity index (χ2v) is 7.04. The summed E-state index contributed by atoms with van der Waals surface area (Å²) in [5.74, 6) is 5.38. The van der Waals surface area contributed by atoms with Crippen molar-refractivity contribution in [3.05, 3.63) is 16.7 Å². The first-order chi connectivity index (χ1) is 9.34. The molecule has 3 N–H and O–H groups in total. The van der Waals surface area contributed by atoms with Gasteiger partial charge in [0.25, 0.3) is 0 Å². The van der Waals surface area contributed by atoms with Gasteiger partial charge in [-0.3, -0.25) is 0 Å². The van der Waals surface area contributed by atoms with Crippen molar-refractivity contribution < 1.29 is 8.42 Å². The van der Waals surface area contributed by atoms with E-state index in [1.54, 1.807) is 13.8 Å². The van der Waals surface area contributed by atoms with Crippen LogP contribution in [0.3, 0.4) is 0 Å². The monoisotopic (exact) mass is 361 g/mol. The van der Waals surface area contributed by atoms with Crippen molar-refractivity contribution in [1.82, 2.24) is 9.29 Å². The van der Waals surface area contributed by atoms with E-state index in [0.29, 0.717) is 4.47 Å². The van der Waals surface area contributed by atoms with Crippen LogP contribution in [0.4, 0.5) is 5.82 Å². The van der Waals surface area contributed by atoms with Crippen LogP contribution in [0, 0.1) is 11.3 Å². The first-order valence-electron chi connectivity index (χ1n) is 5.85. The number of rotatable bonds is 6. The van der Waals surface area contributed by atoms with Gasteiger partial charge in [-0.1, -0.05) is 0 Å². The van der Waals surface area contributed by atoms with E-state index in [1.807, 2.05) is 6.07 Å². The van der Waals surface area contributed by atoms with Crippen LogP contribution in [0.15, 0.2) is 21.6 Å². The second-order valence-electron chi connectivity index (χ2n) is 4.26. The summed E-state index contributed by atoms with van der Waals surface area (Å²) in [6.45, 7) is 3.61. The molecule has 110 valence electrons. The number of pyridine rings is 1. The Morgan fingerprint density at radius 1 is 1.60 bits per heavy atom. The minimum absolute atomic E-state index is 0.0268. The molecule has 0 aliphatic heterocycles. The molecule has 0 spiro atoms. The third-order valence-corrected chi connectivity index (χ3v) is 5.09. The highest BCUT2D eigenvalue weighted by atomic mass is 79.9. The zero-order chi connectivity index (χ0) is 15.3. The number of hydrazine groups is 1. The molecule has 0 aliphatic carbocycles. The number of nitriles is 1. The van der Waals surface area contributed by atoms with Crippen LogP contribution in [0.25, 0.3) is 0 Å². The van der Waals surface area contributed by atoms with Gasteiger partial charge in [0.1, 0.15) is 4.90 Å². The summed E-state index contributed by atoms with van der Waals surface area (Å²) in [7, 11) is -3.79. The molecule has 1 rings (SSSR count). The minimum Gasteiger partial charge on any atom is -0.307 e. The molecule has 0 saturated heterocycles. The van der Waals surface area contributed by atoms with Crippen molar-refractivity contribution in [2.45, 2.75) is 31.2 Å². The van der Waals surface area contributed by atoms with Gasteiger partial charge in [0.05, 0.1) is 6.07 Å². The predicted octanol–water partition coefficient (Wildman–Crippen LogP) is 1.44. The van der Waals surface area contributed by atoms with Crippen molar-refractivity contribution in [3.63, 3.8) is 0 Å². The number of aromatic nitrogens is 1. The van der Waals surface area contributed by atoms with E-state index in [2.05, 4.69) is 26.3 Å². The number of anilines is 1. The Kier molecular flexibility index (Phi) is 5.88. The van der Waals surface area contributed by atoms with E-state index < -0.39 is 10.0 Å². The zero-order valence-electron chi connectivity index (χ0n) is 11.2. The van der Waals surface area contributed by atoms with Gasteiger partial charge in [0, 0.05) is 29.7 Å². The number of hydrogen-bond donors (Lipinski definition) is 2. The summed E-state index contributed by atoms with van der Waals surface area (Å²) in [6, 6.07) is 3.10. The van der Waals surface area contributed by atoms with E-state index in [-0.39, 0.29) is 29.7 Å². The van der Waals surface area contributed by atoms with E-state index >= 15 is 0 Å². The summed E-state index contributed by atoms with van der Waals surface area (Å²) in [5.41, 5.74) is 2.28. The first-order valence-corrected chi connectivity index (χ1v) is 8.08. The molecule has 0 fully saturated rings. The van der Waals surface area contributed by atoms with E-state index in [1.165, 1.54) is 16.6 Å². The van der Waals surface area contributed by atoms with Crippen LogP contribution >= 0.6 is 15.9 Å².